The molecule has 1 N–H and O–H groups in total. The van der Waals surface area contributed by atoms with E-state index in [1.165, 1.54) is 0 Å². The lowest BCUT2D eigenvalue weighted by Gasteiger charge is -2.13. The number of hydrogen-bond donors (Lipinski definition) is 1. The summed E-state index contributed by atoms with van der Waals surface area (Å²) in [6.45, 7) is 5.24. The van der Waals surface area contributed by atoms with Crippen LogP contribution in [0.1, 0.15) is 20.8 Å². The molecule has 0 aromatic heterocycles. The predicted octanol–water partition coefficient (Wildman–Crippen LogP) is -0.166. The van der Waals surface area contributed by atoms with Gasteiger partial charge in [0.1, 0.15) is 0 Å². The molecule has 0 saturated heterocycles. The Kier molecular flexibility index (Phi) is 6.50. The van der Waals surface area contributed by atoms with E-state index in [0.717, 1.165) is 0 Å². The summed E-state index contributed by atoms with van der Waals surface area (Å²) >= 11 is 0. The number of nitrogens with one attached hydrogen (secondary N) is 1. The third kappa shape index (κ3) is 7.19. The second kappa shape index (κ2) is 6.56. The summed E-state index contributed by atoms with van der Waals surface area (Å²) in [5.41, 5.74) is 0. The standard InChI is InChI=1S/C9H21NO4S2/c1-4-15(11,12)7-6-10-9(3)8-16(13,14)5-2/h9-10H,4-8H2,1-3H3. The van der Waals surface area contributed by atoms with Crippen molar-refractivity contribution in [2.45, 2.75) is 26.8 Å². The van der Waals surface area contributed by atoms with Crippen LogP contribution < -0.4 is 5.32 Å². The lowest BCUT2D eigenvalue weighted by molar-refractivity contribution is 0.562. The Morgan fingerprint density at radius 2 is 1.50 bits per heavy atom. The maximum absolute atomic E-state index is 11.3. The molecule has 0 heterocycles. The summed E-state index contributed by atoms with van der Waals surface area (Å²) in [6.07, 6.45) is 0. The van der Waals surface area contributed by atoms with Crippen LogP contribution in [-0.2, 0) is 19.7 Å². The van der Waals surface area contributed by atoms with Gasteiger partial charge in [-0.3, -0.25) is 0 Å². The van der Waals surface area contributed by atoms with E-state index < -0.39 is 19.7 Å². The van der Waals surface area contributed by atoms with Crippen LogP contribution in [0.25, 0.3) is 0 Å². The van der Waals surface area contributed by atoms with Crippen LogP contribution >= 0.6 is 0 Å². The second-order valence-corrected chi connectivity index (χ2v) is 8.66. The van der Waals surface area contributed by atoms with Crippen molar-refractivity contribution >= 4 is 19.7 Å². The first-order valence-electron chi connectivity index (χ1n) is 5.36. The van der Waals surface area contributed by atoms with E-state index in [-0.39, 0.29) is 29.1 Å². The van der Waals surface area contributed by atoms with Crippen molar-refractivity contribution in [3.63, 3.8) is 0 Å². The molecule has 0 aromatic carbocycles. The van der Waals surface area contributed by atoms with Gasteiger partial charge in [-0.2, -0.15) is 0 Å². The van der Waals surface area contributed by atoms with Crippen molar-refractivity contribution < 1.29 is 16.8 Å². The molecule has 0 saturated carbocycles. The Balaban J connectivity index is 3.97. The average molecular weight is 271 g/mol. The van der Waals surface area contributed by atoms with E-state index >= 15 is 0 Å². The molecular formula is C9H21NO4S2. The predicted molar refractivity (Wildman–Crippen MR) is 66.1 cm³/mol. The van der Waals surface area contributed by atoms with Crippen LogP contribution in [0.5, 0.6) is 0 Å². The number of rotatable bonds is 8. The van der Waals surface area contributed by atoms with Gasteiger partial charge in [-0.05, 0) is 6.92 Å². The van der Waals surface area contributed by atoms with Gasteiger partial charge in [0.25, 0.3) is 0 Å². The highest BCUT2D eigenvalue weighted by Gasteiger charge is 2.14. The summed E-state index contributed by atoms with van der Waals surface area (Å²) in [5, 5.41) is 2.91. The van der Waals surface area contributed by atoms with E-state index in [1.807, 2.05) is 0 Å². The lowest BCUT2D eigenvalue weighted by Crippen LogP contribution is -2.36. The zero-order valence-corrected chi connectivity index (χ0v) is 11.7. The number of sulfone groups is 2. The molecule has 0 rings (SSSR count). The smallest absolute Gasteiger partial charge is 0.151 e. The highest BCUT2D eigenvalue weighted by atomic mass is 32.2. The van der Waals surface area contributed by atoms with Crippen molar-refractivity contribution in [3.05, 3.63) is 0 Å². The minimum atomic E-state index is -3.00. The van der Waals surface area contributed by atoms with E-state index in [0.29, 0.717) is 6.54 Å². The Bertz CT molecular complexity index is 386. The summed E-state index contributed by atoms with van der Waals surface area (Å²) in [7, 11) is -5.98. The van der Waals surface area contributed by atoms with Crippen molar-refractivity contribution in [2.24, 2.45) is 0 Å². The van der Waals surface area contributed by atoms with Crippen molar-refractivity contribution in [1.82, 2.24) is 5.32 Å². The molecule has 0 aromatic rings. The first-order chi connectivity index (χ1) is 7.22. The van der Waals surface area contributed by atoms with Gasteiger partial charge in [0.15, 0.2) is 19.7 Å². The summed E-state index contributed by atoms with van der Waals surface area (Å²) in [6, 6.07) is -0.211. The molecule has 16 heavy (non-hydrogen) atoms. The van der Waals surface area contributed by atoms with Gasteiger partial charge >= 0.3 is 0 Å². The van der Waals surface area contributed by atoms with Crippen molar-refractivity contribution in [2.75, 3.05) is 29.6 Å². The van der Waals surface area contributed by atoms with E-state index in [9.17, 15) is 16.8 Å². The molecule has 0 spiro atoms. The molecule has 7 heteroatoms. The van der Waals surface area contributed by atoms with Crippen LogP contribution in [-0.4, -0.2) is 52.4 Å². The zero-order chi connectivity index (χ0) is 12.8. The van der Waals surface area contributed by atoms with Gasteiger partial charge in [0.2, 0.25) is 0 Å². The molecule has 0 amide bonds. The molecule has 0 bridgehead atoms. The number of hydrogen-bond acceptors (Lipinski definition) is 5. The summed E-state index contributed by atoms with van der Waals surface area (Å²) in [4.78, 5) is 0. The highest BCUT2D eigenvalue weighted by molar-refractivity contribution is 7.91. The molecule has 98 valence electrons. The zero-order valence-electron chi connectivity index (χ0n) is 10.1. The van der Waals surface area contributed by atoms with Crippen LogP contribution in [0.4, 0.5) is 0 Å². The lowest BCUT2D eigenvalue weighted by atomic mass is 10.4. The van der Waals surface area contributed by atoms with E-state index in [4.69, 9.17) is 0 Å². The second-order valence-electron chi connectivity index (χ2n) is 3.79. The topological polar surface area (TPSA) is 80.3 Å². The normalized spacial score (nSPS) is 14.9. The van der Waals surface area contributed by atoms with Gasteiger partial charge in [-0.25, -0.2) is 16.8 Å². The quantitative estimate of drug-likeness (QED) is 0.663. The Hall–Kier alpha value is -0.140. The van der Waals surface area contributed by atoms with Gasteiger partial charge in [0.05, 0.1) is 11.5 Å². The molecule has 0 aliphatic heterocycles. The molecular weight excluding hydrogens is 250 g/mol. The first kappa shape index (κ1) is 15.9. The highest BCUT2D eigenvalue weighted by Crippen LogP contribution is 1.95. The SMILES string of the molecule is CCS(=O)(=O)CCNC(C)CS(=O)(=O)CC. The first-order valence-corrected chi connectivity index (χ1v) is 9.01. The average Bonchev–Trinajstić information content (AvgIpc) is 2.17. The molecule has 0 fully saturated rings. The van der Waals surface area contributed by atoms with E-state index in [1.54, 1.807) is 20.8 Å². The minimum absolute atomic E-state index is 0.0513. The Morgan fingerprint density at radius 1 is 1.00 bits per heavy atom. The summed E-state index contributed by atoms with van der Waals surface area (Å²) < 4.78 is 44.9. The van der Waals surface area contributed by atoms with Crippen molar-refractivity contribution in [1.29, 1.82) is 0 Å². The molecule has 0 aliphatic carbocycles. The van der Waals surface area contributed by atoms with Crippen LogP contribution in [0, 0.1) is 0 Å². The monoisotopic (exact) mass is 271 g/mol. The van der Waals surface area contributed by atoms with Gasteiger partial charge in [-0.1, -0.05) is 13.8 Å². The molecule has 1 atom stereocenters. The summed E-state index contributed by atoms with van der Waals surface area (Å²) in [5.74, 6) is 0.346. The molecule has 0 radical (unpaired) electrons. The maximum Gasteiger partial charge on any atom is 0.151 e. The maximum atomic E-state index is 11.3. The van der Waals surface area contributed by atoms with Crippen LogP contribution in [0.3, 0.4) is 0 Å². The fraction of sp³-hybridized carbons (Fsp3) is 1.00. The largest absolute Gasteiger partial charge is 0.312 e. The minimum Gasteiger partial charge on any atom is -0.312 e. The van der Waals surface area contributed by atoms with Crippen LogP contribution in [0.15, 0.2) is 0 Å². The van der Waals surface area contributed by atoms with E-state index in [2.05, 4.69) is 5.32 Å². The Morgan fingerprint density at radius 3 is 1.94 bits per heavy atom. The third-order valence-corrected chi connectivity index (χ3v) is 5.88. The molecule has 5 nitrogen and oxygen atoms in total. The third-order valence-electron chi connectivity index (χ3n) is 2.29. The van der Waals surface area contributed by atoms with Crippen LogP contribution in [0.2, 0.25) is 0 Å². The fourth-order valence-corrected chi connectivity index (χ4v) is 3.00. The Labute approximate surface area is 98.5 Å². The van der Waals surface area contributed by atoms with Gasteiger partial charge < -0.3 is 5.32 Å². The van der Waals surface area contributed by atoms with Gasteiger partial charge in [-0.15, -0.1) is 0 Å². The molecule has 0 aliphatic rings. The van der Waals surface area contributed by atoms with Gasteiger partial charge in [0, 0.05) is 24.1 Å². The van der Waals surface area contributed by atoms with Crippen molar-refractivity contribution in [3.8, 4) is 0 Å². The fourth-order valence-electron chi connectivity index (χ4n) is 1.16. The molecule has 1 unspecified atom stereocenters.